The Morgan fingerprint density at radius 2 is 1.72 bits per heavy atom. The molecule has 1 unspecified atom stereocenters. The number of nitrogens with two attached hydrogens (primary N) is 1. The zero-order chi connectivity index (χ0) is 31.4. The normalized spacial score (nSPS) is 25.4. The van der Waals surface area contributed by atoms with Gasteiger partial charge in [0.1, 0.15) is 22.8 Å². The minimum absolute atomic E-state index is 0.110. The number of aromatic hydroxyl groups is 1. The fourth-order valence-electron chi connectivity index (χ4n) is 7.23. The van der Waals surface area contributed by atoms with Crippen LogP contribution in [-0.2, 0) is 26.2 Å². The topological polar surface area (TPSA) is 173 Å². The standard InChI is InChI=1S/C33H39N3O7/c1-33(2,13-8-14-35-17-9-6-5-7-10-17)19-12-11-16-15-18-21(28(39)20(16)27(19)38)29(40)23-22(26(18)37)25(36(3)4)31(42)24(30(23)41)32(34)43/h5-7,9-12,18,22-23,25-26,35,37-39,42H,8,13-15H2,1-4H3,(H2,34,43)/t18-,22-,23?,25+,26+/m1/s1. The van der Waals surface area contributed by atoms with E-state index in [0.717, 1.165) is 18.7 Å². The van der Waals surface area contributed by atoms with Crippen LogP contribution in [0.2, 0.25) is 0 Å². The highest BCUT2D eigenvalue weighted by atomic mass is 16.3. The summed E-state index contributed by atoms with van der Waals surface area (Å²) in [4.78, 5) is 41.1. The van der Waals surface area contributed by atoms with Crippen LogP contribution in [0.15, 0.2) is 59.4 Å². The first-order valence-electron chi connectivity index (χ1n) is 14.5. The van der Waals surface area contributed by atoms with Gasteiger partial charge < -0.3 is 31.5 Å². The molecule has 0 radical (unpaired) electrons. The number of aliphatic hydroxyl groups is 3. The number of aliphatic hydroxyl groups excluding tert-OH is 3. The van der Waals surface area contributed by atoms with Gasteiger partial charge in [-0.25, -0.2) is 0 Å². The smallest absolute Gasteiger partial charge is 0.255 e. The largest absolute Gasteiger partial charge is 0.510 e. The Morgan fingerprint density at radius 3 is 2.35 bits per heavy atom. The third kappa shape index (κ3) is 4.98. The highest BCUT2D eigenvalue weighted by Gasteiger charge is 2.59. The number of anilines is 1. The number of rotatable bonds is 8. The Labute approximate surface area is 250 Å². The van der Waals surface area contributed by atoms with Crippen molar-refractivity contribution in [3.8, 4) is 5.75 Å². The number of likely N-dealkylation sites (N-methyl/N-ethyl adjacent to an activating group) is 1. The Morgan fingerprint density at radius 1 is 1.05 bits per heavy atom. The number of carbonyl (C=O) groups excluding carboxylic acids is 3. The number of benzene rings is 2. The Balaban J connectivity index is 1.49. The van der Waals surface area contributed by atoms with Crippen molar-refractivity contribution in [2.24, 2.45) is 23.5 Å². The molecule has 7 N–H and O–H groups in total. The summed E-state index contributed by atoms with van der Waals surface area (Å²) in [5, 5.41) is 48.9. The van der Waals surface area contributed by atoms with Gasteiger partial charge in [0, 0.05) is 35.2 Å². The van der Waals surface area contributed by atoms with Gasteiger partial charge in [-0.1, -0.05) is 44.2 Å². The fourth-order valence-corrected chi connectivity index (χ4v) is 7.23. The Hall–Kier alpha value is -4.15. The third-order valence-corrected chi connectivity index (χ3v) is 9.35. The first-order valence-corrected chi connectivity index (χ1v) is 14.5. The first kappa shape index (κ1) is 30.3. The van der Waals surface area contributed by atoms with Gasteiger partial charge in [-0.3, -0.25) is 19.3 Å². The summed E-state index contributed by atoms with van der Waals surface area (Å²) >= 11 is 0. The van der Waals surface area contributed by atoms with Gasteiger partial charge in [-0.05, 0) is 56.5 Å². The number of phenols is 1. The van der Waals surface area contributed by atoms with E-state index in [1.165, 1.54) is 4.90 Å². The lowest BCUT2D eigenvalue weighted by Crippen LogP contribution is -2.61. The molecule has 10 heteroatoms. The van der Waals surface area contributed by atoms with Crippen molar-refractivity contribution < 1.29 is 34.8 Å². The molecule has 0 saturated heterocycles. The van der Waals surface area contributed by atoms with Gasteiger partial charge in [0.2, 0.25) is 0 Å². The molecule has 228 valence electrons. The van der Waals surface area contributed by atoms with Crippen LogP contribution < -0.4 is 11.1 Å². The summed E-state index contributed by atoms with van der Waals surface area (Å²) in [7, 11) is 3.20. The molecule has 1 amide bonds. The van der Waals surface area contributed by atoms with Crippen molar-refractivity contribution >= 4 is 28.9 Å². The molecule has 0 spiro atoms. The minimum atomic E-state index is -1.53. The second-order valence-electron chi connectivity index (χ2n) is 12.7. The van der Waals surface area contributed by atoms with Crippen LogP contribution >= 0.6 is 0 Å². The monoisotopic (exact) mass is 589 g/mol. The van der Waals surface area contributed by atoms with Crippen molar-refractivity contribution in [1.29, 1.82) is 0 Å². The van der Waals surface area contributed by atoms with E-state index in [4.69, 9.17) is 5.73 Å². The van der Waals surface area contributed by atoms with Crippen molar-refractivity contribution in [3.63, 3.8) is 0 Å². The fraction of sp³-hybridized carbons (Fsp3) is 0.424. The highest BCUT2D eigenvalue weighted by molar-refractivity contribution is 6.28. The number of primary amides is 1. The number of ketones is 2. The van der Waals surface area contributed by atoms with Crippen molar-refractivity contribution in [1.82, 2.24) is 4.90 Å². The molecule has 1 fully saturated rings. The number of carbonyl (C=O) groups is 3. The van der Waals surface area contributed by atoms with Gasteiger partial charge in [0.15, 0.2) is 11.6 Å². The number of Topliss-reactive ketones (excluding diaryl/α,β-unsaturated/α-hetero) is 2. The molecule has 2 aromatic rings. The Kier molecular flexibility index (Phi) is 7.87. The Bertz CT molecular complexity index is 1540. The van der Waals surface area contributed by atoms with Crippen molar-refractivity contribution in [2.75, 3.05) is 26.0 Å². The third-order valence-electron chi connectivity index (χ3n) is 9.35. The molecule has 3 aliphatic carbocycles. The molecular weight excluding hydrogens is 550 g/mol. The molecule has 5 atom stereocenters. The number of nitrogens with one attached hydrogen (secondary N) is 1. The van der Waals surface area contributed by atoms with E-state index < -0.39 is 69.9 Å². The SMILES string of the molecule is CN(C)[C@@H]1C(O)=C(C(N)=O)C(=O)C2C(=O)C3=C(O)c4c(ccc(C(C)(C)CCCNc5ccccc5)c4O)C[C@H]3[C@H](O)[C@H]21. The molecule has 0 heterocycles. The van der Waals surface area contributed by atoms with Crippen LogP contribution in [0.5, 0.6) is 5.75 Å². The molecule has 5 rings (SSSR count). The number of phenolic OH excluding ortho intramolecular Hbond substituents is 1. The molecule has 10 nitrogen and oxygen atoms in total. The zero-order valence-electron chi connectivity index (χ0n) is 24.8. The van der Waals surface area contributed by atoms with Crippen molar-refractivity contribution in [3.05, 3.63) is 76.1 Å². The first-order chi connectivity index (χ1) is 20.3. The molecule has 0 aliphatic heterocycles. The van der Waals surface area contributed by atoms with E-state index in [1.54, 1.807) is 20.2 Å². The van der Waals surface area contributed by atoms with Crippen LogP contribution in [0.1, 0.15) is 43.4 Å². The predicted molar refractivity (Wildman–Crippen MR) is 161 cm³/mol. The van der Waals surface area contributed by atoms with E-state index in [0.29, 0.717) is 17.5 Å². The lowest BCUT2D eigenvalue weighted by molar-refractivity contribution is -0.143. The zero-order valence-corrected chi connectivity index (χ0v) is 24.8. The molecule has 0 bridgehead atoms. The van der Waals surface area contributed by atoms with Gasteiger partial charge >= 0.3 is 0 Å². The lowest BCUT2D eigenvalue weighted by Gasteiger charge is -2.48. The minimum Gasteiger partial charge on any atom is -0.510 e. The van der Waals surface area contributed by atoms with Gasteiger partial charge in [0.05, 0.1) is 23.6 Å². The summed E-state index contributed by atoms with van der Waals surface area (Å²) < 4.78 is 0. The molecule has 43 heavy (non-hydrogen) atoms. The maximum atomic E-state index is 14.0. The van der Waals surface area contributed by atoms with Gasteiger partial charge in [-0.15, -0.1) is 0 Å². The summed E-state index contributed by atoms with van der Waals surface area (Å²) in [6, 6.07) is 12.4. The molecule has 0 aromatic heterocycles. The van der Waals surface area contributed by atoms with E-state index in [9.17, 15) is 34.8 Å². The molecule has 3 aliphatic rings. The van der Waals surface area contributed by atoms with E-state index in [2.05, 4.69) is 5.32 Å². The second kappa shape index (κ2) is 11.2. The van der Waals surface area contributed by atoms with E-state index in [1.807, 2.05) is 50.2 Å². The van der Waals surface area contributed by atoms with E-state index in [-0.39, 0.29) is 23.3 Å². The summed E-state index contributed by atoms with van der Waals surface area (Å²) in [5.74, 6) is -7.60. The van der Waals surface area contributed by atoms with Crippen molar-refractivity contribution in [2.45, 2.75) is 50.7 Å². The number of amides is 1. The van der Waals surface area contributed by atoms with E-state index >= 15 is 0 Å². The summed E-state index contributed by atoms with van der Waals surface area (Å²) in [6.45, 7) is 4.72. The summed E-state index contributed by atoms with van der Waals surface area (Å²) in [6.07, 6.45) is 0.323. The number of nitrogens with zero attached hydrogens (tertiary/aromatic N) is 1. The van der Waals surface area contributed by atoms with Gasteiger partial charge in [0.25, 0.3) is 5.91 Å². The average molecular weight is 590 g/mol. The number of fused-ring (bicyclic) bond motifs is 3. The molecule has 1 saturated carbocycles. The van der Waals surface area contributed by atoms with Gasteiger partial charge in [-0.2, -0.15) is 0 Å². The summed E-state index contributed by atoms with van der Waals surface area (Å²) in [5.41, 5.74) is 6.38. The second-order valence-corrected chi connectivity index (χ2v) is 12.7. The maximum Gasteiger partial charge on any atom is 0.255 e. The predicted octanol–water partition coefficient (Wildman–Crippen LogP) is 2.99. The van der Waals surface area contributed by atoms with Crippen LogP contribution in [0.4, 0.5) is 5.69 Å². The number of para-hydroxylation sites is 1. The molecular formula is C33H39N3O7. The maximum absolute atomic E-state index is 14.0. The average Bonchev–Trinajstić information content (AvgIpc) is 2.93. The quantitative estimate of drug-likeness (QED) is 0.154. The molecule has 2 aromatic carbocycles. The van der Waals surface area contributed by atoms with Crippen LogP contribution in [0.25, 0.3) is 5.76 Å². The van der Waals surface area contributed by atoms with Crippen LogP contribution in [0.3, 0.4) is 0 Å². The highest BCUT2D eigenvalue weighted by Crippen LogP contribution is 2.51. The lowest BCUT2D eigenvalue weighted by atomic mass is 9.58. The number of hydrogen-bond acceptors (Lipinski definition) is 9. The van der Waals surface area contributed by atoms with Crippen LogP contribution in [0, 0.1) is 17.8 Å². The number of hydrogen-bond donors (Lipinski definition) is 6. The van der Waals surface area contributed by atoms with Crippen LogP contribution in [-0.4, -0.2) is 75.6 Å².